The molecule has 7 heteroatoms. The number of nitrogens with one attached hydrogen (secondary N) is 1. The molecule has 17 heavy (non-hydrogen) atoms. The molecule has 1 aromatic rings. The molecule has 0 saturated heterocycles. The lowest BCUT2D eigenvalue weighted by atomic mass is 10.1. The molecule has 2 N–H and O–H groups in total. The van der Waals surface area contributed by atoms with Gasteiger partial charge in [0.05, 0.1) is 0 Å². The Hall–Kier alpha value is -0.920. The molecule has 2 atom stereocenters. The molecule has 0 amide bonds. The Morgan fingerprint density at radius 2 is 2.00 bits per heavy atom. The van der Waals surface area contributed by atoms with Gasteiger partial charge in [-0.15, -0.1) is 0 Å². The van der Waals surface area contributed by atoms with E-state index in [9.17, 15) is 8.42 Å². The highest BCUT2D eigenvalue weighted by atomic mass is 32.2. The lowest BCUT2D eigenvalue weighted by Crippen LogP contribution is -2.38. The van der Waals surface area contributed by atoms with Gasteiger partial charge in [-0.25, -0.2) is 13.1 Å². The molecule has 0 aliphatic carbocycles. The van der Waals surface area contributed by atoms with E-state index in [1.807, 2.05) is 0 Å². The van der Waals surface area contributed by atoms with Crippen LogP contribution in [0.15, 0.2) is 9.42 Å². The second-order valence-corrected chi connectivity index (χ2v) is 5.87. The van der Waals surface area contributed by atoms with E-state index in [0.717, 1.165) is 0 Å². The van der Waals surface area contributed by atoms with Crippen molar-refractivity contribution in [3.8, 4) is 0 Å². The number of sulfonamides is 1. The number of hydrogen-bond donors (Lipinski definition) is 2. The van der Waals surface area contributed by atoms with Gasteiger partial charge in [-0.2, -0.15) is 0 Å². The smallest absolute Gasteiger partial charge is 0.246 e. The SMILES string of the molecule is Cc1noc(C)c1S(=O)(=O)NC(C)C(C)CO. The van der Waals surface area contributed by atoms with E-state index in [-0.39, 0.29) is 29.2 Å². The van der Waals surface area contributed by atoms with E-state index in [4.69, 9.17) is 9.63 Å². The topological polar surface area (TPSA) is 92.4 Å². The Morgan fingerprint density at radius 3 is 2.41 bits per heavy atom. The molecule has 0 saturated carbocycles. The molecule has 1 rings (SSSR count). The number of aryl methyl sites for hydroxylation is 2. The van der Waals surface area contributed by atoms with Crippen molar-refractivity contribution in [2.45, 2.75) is 38.6 Å². The normalized spacial score (nSPS) is 15.8. The van der Waals surface area contributed by atoms with Crippen LogP contribution >= 0.6 is 0 Å². The third kappa shape index (κ3) is 3.05. The van der Waals surface area contributed by atoms with Crippen LogP contribution in [0.2, 0.25) is 0 Å². The fraction of sp³-hybridized carbons (Fsp3) is 0.700. The quantitative estimate of drug-likeness (QED) is 0.810. The van der Waals surface area contributed by atoms with Crippen LogP contribution in [0.5, 0.6) is 0 Å². The van der Waals surface area contributed by atoms with Gasteiger partial charge in [0.2, 0.25) is 10.0 Å². The van der Waals surface area contributed by atoms with Crippen molar-refractivity contribution in [2.24, 2.45) is 5.92 Å². The second-order valence-electron chi connectivity index (χ2n) is 4.22. The molecule has 0 spiro atoms. The van der Waals surface area contributed by atoms with Crippen molar-refractivity contribution in [1.29, 1.82) is 0 Å². The standard InChI is InChI=1S/C10H18N2O4S/c1-6(5-13)7(2)12-17(14,15)10-8(3)11-16-9(10)4/h6-7,12-13H,5H2,1-4H3. The maximum absolute atomic E-state index is 12.1. The summed E-state index contributed by atoms with van der Waals surface area (Å²) in [4.78, 5) is 0.0782. The van der Waals surface area contributed by atoms with E-state index >= 15 is 0 Å². The van der Waals surface area contributed by atoms with Gasteiger partial charge >= 0.3 is 0 Å². The fourth-order valence-corrected chi connectivity index (χ4v) is 3.12. The summed E-state index contributed by atoms with van der Waals surface area (Å²) in [6.45, 7) is 6.52. The van der Waals surface area contributed by atoms with Crippen LogP contribution in [-0.2, 0) is 10.0 Å². The first kappa shape index (κ1) is 14.1. The third-order valence-electron chi connectivity index (χ3n) is 2.72. The average molecular weight is 262 g/mol. The van der Waals surface area contributed by atoms with Gasteiger partial charge in [-0.05, 0) is 26.7 Å². The zero-order valence-corrected chi connectivity index (χ0v) is 11.2. The molecule has 2 unspecified atom stereocenters. The minimum Gasteiger partial charge on any atom is -0.396 e. The van der Waals surface area contributed by atoms with Gasteiger partial charge in [0.1, 0.15) is 10.6 Å². The number of aliphatic hydroxyl groups excluding tert-OH is 1. The van der Waals surface area contributed by atoms with Gasteiger partial charge < -0.3 is 9.63 Å². The highest BCUT2D eigenvalue weighted by Gasteiger charge is 2.27. The van der Waals surface area contributed by atoms with Gasteiger partial charge in [-0.1, -0.05) is 12.1 Å². The maximum atomic E-state index is 12.1. The molecule has 0 fully saturated rings. The first-order valence-electron chi connectivity index (χ1n) is 5.35. The summed E-state index contributed by atoms with van der Waals surface area (Å²) in [6.07, 6.45) is 0. The summed E-state index contributed by atoms with van der Waals surface area (Å²) in [5, 5.41) is 12.6. The van der Waals surface area contributed by atoms with E-state index < -0.39 is 10.0 Å². The Morgan fingerprint density at radius 1 is 1.41 bits per heavy atom. The Labute approximate surface area is 101 Å². The lowest BCUT2D eigenvalue weighted by molar-refractivity contribution is 0.216. The van der Waals surface area contributed by atoms with Crippen molar-refractivity contribution in [3.05, 3.63) is 11.5 Å². The van der Waals surface area contributed by atoms with Gasteiger partial charge in [0.15, 0.2) is 5.76 Å². The van der Waals surface area contributed by atoms with E-state index in [1.165, 1.54) is 0 Å². The first-order valence-corrected chi connectivity index (χ1v) is 6.84. The Balaban J connectivity index is 2.98. The monoisotopic (exact) mass is 262 g/mol. The van der Waals surface area contributed by atoms with E-state index in [0.29, 0.717) is 5.69 Å². The van der Waals surface area contributed by atoms with Gasteiger partial charge in [0, 0.05) is 12.6 Å². The lowest BCUT2D eigenvalue weighted by Gasteiger charge is -2.18. The molecule has 98 valence electrons. The molecule has 0 aromatic carbocycles. The minimum absolute atomic E-state index is 0.0781. The highest BCUT2D eigenvalue weighted by molar-refractivity contribution is 7.89. The zero-order chi connectivity index (χ0) is 13.2. The molecular weight excluding hydrogens is 244 g/mol. The summed E-state index contributed by atoms with van der Waals surface area (Å²) in [7, 11) is -3.65. The molecule has 1 aromatic heterocycles. The summed E-state index contributed by atoms with van der Waals surface area (Å²) in [5.74, 6) is 0.101. The third-order valence-corrected chi connectivity index (χ3v) is 4.52. The zero-order valence-electron chi connectivity index (χ0n) is 10.4. The average Bonchev–Trinajstić information content (AvgIpc) is 2.57. The number of aliphatic hydroxyl groups is 1. The van der Waals surface area contributed by atoms with Crippen LogP contribution < -0.4 is 4.72 Å². The van der Waals surface area contributed by atoms with Gasteiger partial charge in [0.25, 0.3) is 0 Å². The van der Waals surface area contributed by atoms with Crippen LogP contribution in [0.3, 0.4) is 0 Å². The van der Waals surface area contributed by atoms with Crippen molar-refractivity contribution < 1.29 is 18.0 Å². The minimum atomic E-state index is -3.65. The van der Waals surface area contributed by atoms with E-state index in [2.05, 4.69) is 9.88 Å². The predicted octanol–water partition coefficient (Wildman–Crippen LogP) is 0.587. The van der Waals surface area contributed by atoms with Crippen LogP contribution in [0.4, 0.5) is 0 Å². The Kier molecular flexibility index (Phi) is 4.29. The van der Waals surface area contributed by atoms with E-state index in [1.54, 1.807) is 27.7 Å². The number of nitrogens with zero attached hydrogens (tertiary/aromatic N) is 1. The maximum Gasteiger partial charge on any atom is 0.246 e. The molecule has 6 nitrogen and oxygen atoms in total. The molecule has 0 aliphatic rings. The number of aromatic nitrogens is 1. The largest absolute Gasteiger partial charge is 0.396 e. The molecule has 1 heterocycles. The van der Waals surface area contributed by atoms with Crippen LogP contribution in [0.1, 0.15) is 25.3 Å². The second kappa shape index (κ2) is 5.16. The first-order chi connectivity index (χ1) is 7.79. The predicted molar refractivity (Wildman–Crippen MR) is 62.0 cm³/mol. The van der Waals surface area contributed by atoms with Crippen molar-refractivity contribution in [3.63, 3.8) is 0 Å². The molecular formula is C10H18N2O4S. The van der Waals surface area contributed by atoms with Gasteiger partial charge in [-0.3, -0.25) is 0 Å². The van der Waals surface area contributed by atoms with Crippen molar-refractivity contribution in [2.75, 3.05) is 6.61 Å². The molecule has 0 bridgehead atoms. The van der Waals surface area contributed by atoms with Crippen LogP contribution in [0, 0.1) is 19.8 Å². The number of hydrogen-bond acceptors (Lipinski definition) is 5. The van der Waals surface area contributed by atoms with Crippen LogP contribution in [0.25, 0.3) is 0 Å². The van der Waals surface area contributed by atoms with Crippen molar-refractivity contribution in [1.82, 2.24) is 9.88 Å². The highest BCUT2D eigenvalue weighted by Crippen LogP contribution is 2.19. The summed E-state index contributed by atoms with van der Waals surface area (Å²) >= 11 is 0. The fourth-order valence-electron chi connectivity index (χ4n) is 1.44. The Bertz CT molecular complexity index is 461. The van der Waals surface area contributed by atoms with Crippen molar-refractivity contribution >= 4 is 10.0 Å². The number of rotatable bonds is 5. The summed E-state index contributed by atoms with van der Waals surface area (Å²) in [5.41, 5.74) is 0.332. The molecule has 0 radical (unpaired) electrons. The van der Waals surface area contributed by atoms with Crippen LogP contribution in [-0.4, -0.2) is 31.3 Å². The molecule has 0 aliphatic heterocycles. The summed E-state index contributed by atoms with van der Waals surface area (Å²) in [6, 6.07) is -0.362. The summed E-state index contributed by atoms with van der Waals surface area (Å²) < 4.78 is 31.5.